The Kier molecular flexibility index (Phi) is 3.86. The van der Waals surface area contributed by atoms with Crippen molar-refractivity contribution in [1.29, 1.82) is 0 Å². The predicted molar refractivity (Wildman–Crippen MR) is 47.8 cm³/mol. The number of benzene rings is 1. The van der Waals surface area contributed by atoms with E-state index in [1.54, 1.807) is 18.2 Å². The van der Waals surface area contributed by atoms with Crippen molar-refractivity contribution in [2.24, 2.45) is 5.92 Å². The molecule has 0 saturated carbocycles. The van der Waals surface area contributed by atoms with E-state index in [0.29, 0.717) is 12.0 Å². The van der Waals surface area contributed by atoms with Crippen LogP contribution in [0.5, 0.6) is 0 Å². The monoisotopic (exact) mass is 184 g/mol. The fourth-order valence-electron chi connectivity index (χ4n) is 1.16. The van der Waals surface area contributed by atoms with E-state index in [-0.39, 0.29) is 24.9 Å². The van der Waals surface area contributed by atoms with Crippen LogP contribution in [-0.2, 0) is 6.42 Å². The van der Waals surface area contributed by atoms with Crippen LogP contribution in [0.25, 0.3) is 0 Å². The Morgan fingerprint density at radius 3 is 2.31 bits per heavy atom. The second-order valence-electron chi connectivity index (χ2n) is 3.03. The van der Waals surface area contributed by atoms with Gasteiger partial charge in [-0.1, -0.05) is 18.2 Å². The second-order valence-corrected chi connectivity index (χ2v) is 3.03. The van der Waals surface area contributed by atoms with E-state index >= 15 is 0 Å². The van der Waals surface area contributed by atoms with Crippen LogP contribution in [0, 0.1) is 11.7 Å². The lowest BCUT2D eigenvalue weighted by molar-refractivity contribution is 0.149. The van der Waals surface area contributed by atoms with E-state index in [9.17, 15) is 4.39 Å². The summed E-state index contributed by atoms with van der Waals surface area (Å²) in [5.74, 6) is -0.550. The number of rotatable bonds is 4. The molecule has 1 aromatic carbocycles. The summed E-state index contributed by atoms with van der Waals surface area (Å²) in [6, 6.07) is 6.39. The summed E-state index contributed by atoms with van der Waals surface area (Å²) in [6.45, 7) is -0.240. The summed E-state index contributed by atoms with van der Waals surface area (Å²) in [7, 11) is 0. The lowest BCUT2D eigenvalue weighted by atomic mass is 10.0. The fourth-order valence-corrected chi connectivity index (χ4v) is 1.16. The molecule has 0 aromatic heterocycles. The van der Waals surface area contributed by atoms with E-state index in [0.717, 1.165) is 0 Å². The number of halogens is 1. The van der Waals surface area contributed by atoms with Crippen LogP contribution in [0.3, 0.4) is 0 Å². The Bertz CT molecular complexity index is 259. The molecule has 2 nitrogen and oxygen atoms in total. The van der Waals surface area contributed by atoms with Gasteiger partial charge in [-0.05, 0) is 18.1 Å². The van der Waals surface area contributed by atoms with Crippen molar-refractivity contribution in [3.63, 3.8) is 0 Å². The molecular weight excluding hydrogens is 171 g/mol. The summed E-state index contributed by atoms with van der Waals surface area (Å²) in [5.41, 5.74) is 0.538. The van der Waals surface area contributed by atoms with Crippen LogP contribution in [0.4, 0.5) is 4.39 Å². The largest absolute Gasteiger partial charge is 0.396 e. The Morgan fingerprint density at radius 1 is 1.15 bits per heavy atom. The average Bonchev–Trinajstić information content (AvgIpc) is 2.17. The first-order valence-electron chi connectivity index (χ1n) is 4.23. The molecule has 0 saturated heterocycles. The molecule has 1 rings (SSSR count). The van der Waals surface area contributed by atoms with Crippen LogP contribution >= 0.6 is 0 Å². The van der Waals surface area contributed by atoms with Gasteiger partial charge in [-0.15, -0.1) is 0 Å². The van der Waals surface area contributed by atoms with E-state index in [1.165, 1.54) is 6.07 Å². The topological polar surface area (TPSA) is 40.5 Å². The molecule has 0 spiro atoms. The summed E-state index contributed by atoms with van der Waals surface area (Å²) in [6.07, 6.45) is 0.375. The van der Waals surface area contributed by atoms with Crippen molar-refractivity contribution in [3.05, 3.63) is 35.6 Å². The van der Waals surface area contributed by atoms with Gasteiger partial charge in [-0.2, -0.15) is 0 Å². The minimum atomic E-state index is -0.283. The minimum absolute atomic E-state index is 0.120. The highest BCUT2D eigenvalue weighted by atomic mass is 19.1. The fraction of sp³-hybridized carbons (Fsp3) is 0.400. The van der Waals surface area contributed by atoms with Crippen molar-refractivity contribution >= 4 is 0 Å². The highest BCUT2D eigenvalue weighted by Gasteiger charge is 2.09. The molecule has 0 radical (unpaired) electrons. The van der Waals surface area contributed by atoms with Crippen molar-refractivity contribution < 1.29 is 14.6 Å². The minimum Gasteiger partial charge on any atom is -0.396 e. The van der Waals surface area contributed by atoms with E-state index < -0.39 is 0 Å². The third kappa shape index (κ3) is 2.79. The smallest absolute Gasteiger partial charge is 0.126 e. The Hall–Kier alpha value is -0.930. The molecule has 3 heteroatoms. The van der Waals surface area contributed by atoms with Crippen molar-refractivity contribution in [2.75, 3.05) is 13.2 Å². The maximum Gasteiger partial charge on any atom is 0.126 e. The first-order valence-corrected chi connectivity index (χ1v) is 4.23. The van der Waals surface area contributed by atoms with Gasteiger partial charge in [-0.3, -0.25) is 0 Å². The number of hydrogen-bond acceptors (Lipinski definition) is 2. The molecule has 0 aliphatic heterocycles. The first-order chi connectivity index (χ1) is 6.27. The van der Waals surface area contributed by atoms with Gasteiger partial charge in [0, 0.05) is 19.1 Å². The maximum absolute atomic E-state index is 13.1. The molecule has 0 heterocycles. The molecule has 0 unspecified atom stereocenters. The van der Waals surface area contributed by atoms with Gasteiger partial charge in [0.2, 0.25) is 0 Å². The average molecular weight is 184 g/mol. The lowest BCUT2D eigenvalue weighted by Gasteiger charge is -2.10. The van der Waals surface area contributed by atoms with E-state index in [2.05, 4.69) is 0 Å². The van der Waals surface area contributed by atoms with E-state index in [4.69, 9.17) is 10.2 Å². The van der Waals surface area contributed by atoms with Crippen molar-refractivity contribution in [3.8, 4) is 0 Å². The normalized spacial score (nSPS) is 10.8. The molecule has 72 valence electrons. The molecule has 0 atom stereocenters. The van der Waals surface area contributed by atoms with Crippen LogP contribution < -0.4 is 0 Å². The first kappa shape index (κ1) is 10.2. The Morgan fingerprint density at radius 2 is 1.77 bits per heavy atom. The molecule has 0 aliphatic carbocycles. The van der Waals surface area contributed by atoms with Crippen LogP contribution in [0.1, 0.15) is 5.56 Å². The molecule has 0 fully saturated rings. The zero-order valence-corrected chi connectivity index (χ0v) is 7.28. The van der Waals surface area contributed by atoms with Gasteiger partial charge in [0.05, 0.1) is 0 Å². The molecule has 0 aliphatic rings. The highest BCUT2D eigenvalue weighted by molar-refractivity contribution is 5.17. The third-order valence-corrected chi connectivity index (χ3v) is 1.98. The molecule has 13 heavy (non-hydrogen) atoms. The summed E-state index contributed by atoms with van der Waals surface area (Å²) >= 11 is 0. The molecule has 0 amide bonds. The maximum atomic E-state index is 13.1. The SMILES string of the molecule is OCC(CO)Cc1ccccc1F. The van der Waals surface area contributed by atoms with E-state index in [1.807, 2.05) is 0 Å². The lowest BCUT2D eigenvalue weighted by Crippen LogP contribution is -2.14. The zero-order valence-electron chi connectivity index (χ0n) is 7.28. The highest BCUT2D eigenvalue weighted by Crippen LogP contribution is 2.11. The van der Waals surface area contributed by atoms with Gasteiger partial charge in [0.1, 0.15) is 5.82 Å². The number of aliphatic hydroxyl groups excluding tert-OH is 2. The molecule has 1 aromatic rings. The number of hydrogen-bond donors (Lipinski definition) is 2. The standard InChI is InChI=1S/C10H13FO2/c11-10-4-2-1-3-9(10)5-8(6-12)7-13/h1-4,8,12-13H,5-7H2. The zero-order chi connectivity index (χ0) is 9.68. The molecule has 2 N–H and O–H groups in total. The van der Waals surface area contributed by atoms with Gasteiger partial charge >= 0.3 is 0 Å². The van der Waals surface area contributed by atoms with Gasteiger partial charge in [0.25, 0.3) is 0 Å². The quantitative estimate of drug-likeness (QED) is 0.732. The second kappa shape index (κ2) is 4.94. The molecular formula is C10H13FO2. The van der Waals surface area contributed by atoms with Gasteiger partial charge in [-0.25, -0.2) is 4.39 Å². The summed E-state index contributed by atoms with van der Waals surface area (Å²) in [4.78, 5) is 0. The Labute approximate surface area is 76.6 Å². The molecule has 0 bridgehead atoms. The van der Waals surface area contributed by atoms with Gasteiger partial charge in [0.15, 0.2) is 0 Å². The van der Waals surface area contributed by atoms with Crippen LogP contribution in [0.15, 0.2) is 24.3 Å². The summed E-state index contributed by atoms with van der Waals surface area (Å²) < 4.78 is 13.1. The Balaban J connectivity index is 2.67. The number of aliphatic hydroxyl groups is 2. The van der Waals surface area contributed by atoms with Crippen LogP contribution in [0.2, 0.25) is 0 Å². The third-order valence-electron chi connectivity index (χ3n) is 1.98. The predicted octanol–water partition coefficient (Wildman–Crippen LogP) is 0.969. The van der Waals surface area contributed by atoms with Gasteiger partial charge < -0.3 is 10.2 Å². The van der Waals surface area contributed by atoms with Crippen LogP contribution in [-0.4, -0.2) is 23.4 Å². The van der Waals surface area contributed by atoms with Crippen molar-refractivity contribution in [2.45, 2.75) is 6.42 Å². The van der Waals surface area contributed by atoms with Crippen molar-refractivity contribution in [1.82, 2.24) is 0 Å². The summed E-state index contributed by atoms with van der Waals surface area (Å²) in [5, 5.41) is 17.6.